The highest BCUT2D eigenvalue weighted by molar-refractivity contribution is 7.90. The number of rotatable bonds is 5. The zero-order chi connectivity index (χ0) is 20.9. The molecule has 0 atom stereocenters. The van der Waals surface area contributed by atoms with Crippen molar-refractivity contribution in [3.63, 3.8) is 0 Å². The quantitative estimate of drug-likeness (QED) is 0.640. The van der Waals surface area contributed by atoms with Gasteiger partial charge in [-0.05, 0) is 51.0 Å². The number of amides is 1. The van der Waals surface area contributed by atoms with E-state index in [2.05, 4.69) is 10.4 Å². The lowest BCUT2D eigenvalue weighted by molar-refractivity contribution is 0.102. The number of fused-ring (bicyclic) bond motifs is 1. The molecule has 0 radical (unpaired) electrons. The van der Waals surface area contributed by atoms with E-state index in [1.807, 2.05) is 13.8 Å². The summed E-state index contributed by atoms with van der Waals surface area (Å²) in [6, 6.07) is 5.11. The van der Waals surface area contributed by atoms with Crippen molar-refractivity contribution in [3.05, 3.63) is 47.5 Å². The van der Waals surface area contributed by atoms with Crippen LogP contribution >= 0.6 is 0 Å². The number of aromatic nitrogens is 3. The van der Waals surface area contributed by atoms with E-state index < -0.39 is 21.6 Å². The van der Waals surface area contributed by atoms with Crippen LogP contribution in [0.25, 0.3) is 11.0 Å². The lowest BCUT2D eigenvalue weighted by Gasteiger charge is -2.11. The normalized spacial score (nSPS) is 14.5. The van der Waals surface area contributed by atoms with Crippen molar-refractivity contribution < 1.29 is 17.6 Å². The van der Waals surface area contributed by atoms with Gasteiger partial charge in [0, 0.05) is 23.9 Å². The van der Waals surface area contributed by atoms with Crippen LogP contribution in [0.3, 0.4) is 0 Å². The van der Waals surface area contributed by atoms with Crippen molar-refractivity contribution >= 4 is 32.5 Å². The molecule has 1 fully saturated rings. The summed E-state index contributed by atoms with van der Waals surface area (Å²) in [5, 5.41) is 7.43. The molecule has 9 heteroatoms. The molecule has 2 aromatic heterocycles. The van der Waals surface area contributed by atoms with Crippen LogP contribution in [-0.2, 0) is 9.84 Å². The number of hydrogen-bond acceptors (Lipinski definition) is 5. The Labute approximate surface area is 167 Å². The lowest BCUT2D eigenvalue weighted by Crippen LogP contribution is -2.15. The van der Waals surface area contributed by atoms with E-state index in [0.29, 0.717) is 22.5 Å². The Balaban J connectivity index is 1.78. The number of pyridine rings is 1. The number of anilines is 1. The van der Waals surface area contributed by atoms with Crippen LogP contribution in [0, 0.1) is 5.82 Å². The number of halogens is 1. The number of nitrogens with one attached hydrogen (secondary N) is 1. The molecule has 152 valence electrons. The van der Waals surface area contributed by atoms with Crippen LogP contribution < -0.4 is 5.32 Å². The second kappa shape index (κ2) is 6.91. The van der Waals surface area contributed by atoms with Gasteiger partial charge in [-0.15, -0.1) is 0 Å². The minimum absolute atomic E-state index is 0.0641. The fraction of sp³-hybridized carbons (Fsp3) is 0.350. The summed E-state index contributed by atoms with van der Waals surface area (Å²) in [6.07, 6.45) is 4.64. The van der Waals surface area contributed by atoms with Crippen LogP contribution in [0.5, 0.6) is 0 Å². The Kier molecular flexibility index (Phi) is 4.65. The number of hydrogen-bond donors (Lipinski definition) is 1. The highest BCUT2D eigenvalue weighted by atomic mass is 32.2. The highest BCUT2D eigenvalue weighted by Crippen LogP contribution is 2.40. The first kappa shape index (κ1) is 19.5. The first-order chi connectivity index (χ1) is 13.6. The second-order valence-corrected chi connectivity index (χ2v) is 9.67. The molecule has 0 unspecified atom stereocenters. The maximum atomic E-state index is 14.2. The summed E-state index contributed by atoms with van der Waals surface area (Å²) in [7, 11) is -3.53. The maximum absolute atomic E-state index is 14.2. The third-order valence-electron chi connectivity index (χ3n) is 4.93. The molecule has 0 aliphatic heterocycles. The molecule has 7 nitrogen and oxygen atoms in total. The summed E-state index contributed by atoms with van der Waals surface area (Å²) in [4.78, 5) is 17.7. The molecule has 0 bridgehead atoms. The fourth-order valence-electron chi connectivity index (χ4n) is 3.21. The van der Waals surface area contributed by atoms with Gasteiger partial charge in [-0.25, -0.2) is 22.5 Å². The second-order valence-electron chi connectivity index (χ2n) is 7.66. The average Bonchev–Trinajstić information content (AvgIpc) is 3.40. The SMILES string of the molecule is CC(C)n1ncc2c(C(=O)Nc3cc(S(C)(=O)=O)ccc3F)cc(C3CC3)nc21. The van der Waals surface area contributed by atoms with Crippen molar-refractivity contribution in [2.24, 2.45) is 0 Å². The van der Waals surface area contributed by atoms with Gasteiger partial charge in [0.05, 0.1) is 27.7 Å². The van der Waals surface area contributed by atoms with Crippen molar-refractivity contribution in [1.82, 2.24) is 14.8 Å². The molecule has 3 aromatic rings. The molecular weight excluding hydrogens is 395 g/mol. The predicted octanol–water partition coefficient (Wildman–Crippen LogP) is 3.68. The maximum Gasteiger partial charge on any atom is 0.256 e. The minimum atomic E-state index is -3.53. The average molecular weight is 416 g/mol. The molecule has 1 amide bonds. The molecule has 29 heavy (non-hydrogen) atoms. The summed E-state index contributed by atoms with van der Waals surface area (Å²) < 4.78 is 39.5. The standard InChI is InChI=1S/C20H21FN4O3S/c1-11(2)25-19-15(10-22-25)14(9-17(23-19)12-4-5-12)20(26)24-18-8-13(29(3,27)28)6-7-16(18)21/h6-12H,4-5H2,1-3H3,(H,24,26). The van der Waals surface area contributed by atoms with Crippen LogP contribution in [0.1, 0.15) is 54.7 Å². The number of benzene rings is 1. The van der Waals surface area contributed by atoms with E-state index >= 15 is 0 Å². The van der Waals surface area contributed by atoms with Crippen molar-refractivity contribution in [1.29, 1.82) is 0 Å². The Hall–Kier alpha value is -2.81. The van der Waals surface area contributed by atoms with Crippen LogP contribution in [-0.4, -0.2) is 35.3 Å². The van der Waals surface area contributed by atoms with E-state index in [9.17, 15) is 17.6 Å². The molecule has 4 rings (SSSR count). The fourth-order valence-corrected chi connectivity index (χ4v) is 3.86. The van der Waals surface area contributed by atoms with Gasteiger partial charge in [-0.2, -0.15) is 5.10 Å². The molecular formula is C20H21FN4O3S. The third-order valence-corrected chi connectivity index (χ3v) is 6.04. The summed E-state index contributed by atoms with van der Waals surface area (Å²) in [5.74, 6) is -0.935. The molecule has 1 saturated carbocycles. The third kappa shape index (κ3) is 3.74. The van der Waals surface area contributed by atoms with E-state index in [4.69, 9.17) is 4.98 Å². The van der Waals surface area contributed by atoms with Gasteiger partial charge in [0.2, 0.25) is 0 Å². The smallest absolute Gasteiger partial charge is 0.256 e. The summed E-state index contributed by atoms with van der Waals surface area (Å²) >= 11 is 0. The van der Waals surface area contributed by atoms with E-state index in [1.165, 1.54) is 6.07 Å². The highest BCUT2D eigenvalue weighted by Gasteiger charge is 2.28. The molecule has 1 aromatic carbocycles. The number of nitrogens with zero attached hydrogens (tertiary/aromatic N) is 3. The number of sulfone groups is 1. The largest absolute Gasteiger partial charge is 0.319 e. The number of carbonyl (C=O) groups is 1. The van der Waals surface area contributed by atoms with Crippen molar-refractivity contribution in [2.75, 3.05) is 11.6 Å². The van der Waals surface area contributed by atoms with Gasteiger partial charge in [0.25, 0.3) is 5.91 Å². The van der Waals surface area contributed by atoms with Crippen molar-refractivity contribution in [2.45, 2.75) is 43.5 Å². The Morgan fingerprint density at radius 2 is 2.00 bits per heavy atom. The van der Waals surface area contributed by atoms with Gasteiger partial charge in [-0.3, -0.25) is 4.79 Å². The first-order valence-electron chi connectivity index (χ1n) is 9.34. The van der Waals surface area contributed by atoms with E-state index in [0.717, 1.165) is 36.9 Å². The molecule has 0 saturated heterocycles. The summed E-state index contributed by atoms with van der Waals surface area (Å²) in [5.41, 5.74) is 1.58. The van der Waals surface area contributed by atoms with Crippen LogP contribution in [0.4, 0.5) is 10.1 Å². The van der Waals surface area contributed by atoms with E-state index in [-0.39, 0.29) is 16.6 Å². The Morgan fingerprint density at radius 3 is 2.62 bits per heavy atom. The molecule has 1 N–H and O–H groups in total. The van der Waals surface area contributed by atoms with Crippen LogP contribution in [0.15, 0.2) is 35.4 Å². The van der Waals surface area contributed by atoms with Crippen molar-refractivity contribution in [3.8, 4) is 0 Å². The minimum Gasteiger partial charge on any atom is -0.319 e. The predicted molar refractivity (Wildman–Crippen MR) is 107 cm³/mol. The zero-order valence-corrected chi connectivity index (χ0v) is 17.1. The van der Waals surface area contributed by atoms with Gasteiger partial charge >= 0.3 is 0 Å². The summed E-state index contributed by atoms with van der Waals surface area (Å²) in [6.45, 7) is 3.95. The number of carbonyl (C=O) groups excluding carboxylic acids is 1. The van der Waals surface area contributed by atoms with Gasteiger partial charge in [-0.1, -0.05) is 0 Å². The zero-order valence-electron chi connectivity index (χ0n) is 16.3. The van der Waals surface area contributed by atoms with Crippen LogP contribution in [0.2, 0.25) is 0 Å². The topological polar surface area (TPSA) is 94.0 Å². The molecule has 2 heterocycles. The molecule has 1 aliphatic carbocycles. The van der Waals surface area contributed by atoms with Gasteiger partial charge in [0.1, 0.15) is 5.82 Å². The molecule has 1 aliphatic rings. The first-order valence-corrected chi connectivity index (χ1v) is 11.2. The lowest BCUT2D eigenvalue weighted by atomic mass is 10.1. The van der Waals surface area contributed by atoms with Gasteiger partial charge in [0.15, 0.2) is 15.5 Å². The van der Waals surface area contributed by atoms with E-state index in [1.54, 1.807) is 16.9 Å². The Morgan fingerprint density at radius 1 is 1.28 bits per heavy atom. The Bertz CT molecular complexity index is 1230. The monoisotopic (exact) mass is 416 g/mol. The molecule has 0 spiro atoms. The van der Waals surface area contributed by atoms with Gasteiger partial charge < -0.3 is 5.32 Å².